The third-order valence-corrected chi connectivity index (χ3v) is 7.19. The molecule has 0 heterocycles. The van der Waals surface area contributed by atoms with Crippen molar-refractivity contribution in [3.63, 3.8) is 0 Å². The van der Waals surface area contributed by atoms with Crippen LogP contribution in [0.4, 0.5) is 0 Å². The molecule has 0 saturated carbocycles. The molecule has 4 nitrogen and oxygen atoms in total. The first-order valence-electron chi connectivity index (χ1n) is 15.8. The Hall–Kier alpha value is -1.58. The summed E-state index contributed by atoms with van der Waals surface area (Å²) < 4.78 is 4.91. The van der Waals surface area contributed by atoms with Crippen molar-refractivity contribution < 1.29 is 19.4 Å². The van der Waals surface area contributed by atoms with Gasteiger partial charge in [0.1, 0.15) is 6.61 Å². The van der Waals surface area contributed by atoms with E-state index in [1.807, 2.05) is 0 Å². The molecule has 4 heteroatoms. The largest absolute Gasteiger partial charge is 0.481 e. The van der Waals surface area contributed by atoms with Crippen LogP contribution in [0.5, 0.6) is 0 Å². The Bertz CT molecular complexity index is 555. The number of carbonyl (C=O) groups excluding carboxylic acids is 1. The predicted octanol–water partition coefficient (Wildman–Crippen LogP) is 10.4. The summed E-state index contributed by atoms with van der Waals surface area (Å²) in [7, 11) is 0. The smallest absolute Gasteiger partial charge is 0.307 e. The monoisotopic (exact) mass is 520 g/mol. The van der Waals surface area contributed by atoms with Crippen molar-refractivity contribution >= 4 is 11.9 Å². The number of allylic oxidation sites excluding steroid dienone is 2. The number of hydrogen-bond acceptors (Lipinski definition) is 3. The number of carboxylic acids is 1. The van der Waals surface area contributed by atoms with Gasteiger partial charge < -0.3 is 9.84 Å². The van der Waals surface area contributed by atoms with Gasteiger partial charge in [-0.05, 0) is 32.1 Å². The molecule has 0 aromatic carbocycles. The van der Waals surface area contributed by atoms with Crippen molar-refractivity contribution in [1.82, 2.24) is 0 Å². The molecule has 0 amide bonds. The number of rotatable bonds is 29. The molecule has 1 unspecified atom stereocenters. The molecule has 1 atom stereocenters. The first-order chi connectivity index (χ1) is 18.1. The van der Waals surface area contributed by atoms with Gasteiger partial charge in [-0.3, -0.25) is 9.59 Å². The topological polar surface area (TPSA) is 63.6 Å². The Morgan fingerprint density at radius 3 is 1.49 bits per heavy atom. The fraction of sp³-hybridized carbons (Fsp3) is 0.818. The Balaban J connectivity index is 3.35. The third kappa shape index (κ3) is 27.3. The van der Waals surface area contributed by atoms with E-state index in [2.05, 4.69) is 25.7 Å². The zero-order chi connectivity index (χ0) is 27.2. The highest BCUT2D eigenvalue weighted by Crippen LogP contribution is 2.18. The van der Waals surface area contributed by atoms with E-state index in [9.17, 15) is 14.7 Å². The van der Waals surface area contributed by atoms with Crippen LogP contribution >= 0.6 is 0 Å². The lowest BCUT2D eigenvalue weighted by Gasteiger charge is -2.11. The van der Waals surface area contributed by atoms with E-state index in [4.69, 9.17) is 4.74 Å². The van der Waals surface area contributed by atoms with E-state index in [0.717, 1.165) is 19.3 Å². The zero-order valence-corrected chi connectivity index (χ0v) is 24.4. The highest BCUT2D eigenvalue weighted by Gasteiger charge is 2.21. The second kappa shape index (κ2) is 29.0. The molecule has 0 aliphatic carbocycles. The summed E-state index contributed by atoms with van der Waals surface area (Å²) in [5.41, 5.74) is 0. The van der Waals surface area contributed by atoms with Crippen molar-refractivity contribution in [2.75, 3.05) is 6.61 Å². The lowest BCUT2D eigenvalue weighted by atomic mass is 9.97. The Morgan fingerprint density at radius 1 is 0.676 bits per heavy atom. The standard InChI is InChI=1S/C33H60O4/c1-3-5-6-7-8-9-10-11-12-13-14-15-16-17-18-19-20-21-22-23-24-25-26-27-28-31(33(35)36)30-32(34)37-29-4-2/h4,13-14,31H,2-3,5-12,15-30H2,1H3,(H,35,36)/b14-13+. The summed E-state index contributed by atoms with van der Waals surface area (Å²) in [6, 6.07) is 0. The van der Waals surface area contributed by atoms with Gasteiger partial charge in [0.25, 0.3) is 0 Å². The van der Waals surface area contributed by atoms with E-state index in [1.54, 1.807) is 0 Å². The number of carbonyl (C=O) groups is 2. The van der Waals surface area contributed by atoms with Gasteiger partial charge in [0.05, 0.1) is 12.3 Å². The van der Waals surface area contributed by atoms with Gasteiger partial charge >= 0.3 is 11.9 Å². The molecule has 0 radical (unpaired) electrons. The Labute approximate surface area is 229 Å². The Morgan fingerprint density at radius 2 is 1.08 bits per heavy atom. The fourth-order valence-corrected chi connectivity index (χ4v) is 4.78. The highest BCUT2D eigenvalue weighted by molar-refractivity contribution is 5.78. The predicted molar refractivity (Wildman–Crippen MR) is 158 cm³/mol. The average molecular weight is 521 g/mol. The van der Waals surface area contributed by atoms with E-state index in [-0.39, 0.29) is 13.0 Å². The van der Waals surface area contributed by atoms with E-state index < -0.39 is 17.9 Å². The zero-order valence-electron chi connectivity index (χ0n) is 24.4. The lowest BCUT2D eigenvalue weighted by Crippen LogP contribution is -2.19. The highest BCUT2D eigenvalue weighted by atomic mass is 16.5. The summed E-state index contributed by atoms with van der Waals surface area (Å²) in [6.45, 7) is 5.91. The Kier molecular flexibility index (Phi) is 27.7. The van der Waals surface area contributed by atoms with E-state index in [0.29, 0.717) is 6.42 Å². The van der Waals surface area contributed by atoms with Crippen molar-refractivity contribution in [1.29, 1.82) is 0 Å². The van der Waals surface area contributed by atoms with Crippen LogP contribution in [-0.4, -0.2) is 23.7 Å². The van der Waals surface area contributed by atoms with Gasteiger partial charge in [-0.1, -0.05) is 147 Å². The maximum absolute atomic E-state index is 11.6. The molecule has 0 bridgehead atoms. The van der Waals surface area contributed by atoms with Crippen molar-refractivity contribution in [2.24, 2.45) is 5.92 Å². The minimum atomic E-state index is -0.902. The first kappa shape index (κ1) is 35.4. The van der Waals surface area contributed by atoms with Crippen molar-refractivity contribution in [3.8, 4) is 0 Å². The maximum Gasteiger partial charge on any atom is 0.307 e. The lowest BCUT2D eigenvalue weighted by molar-refractivity contribution is -0.151. The SMILES string of the molecule is C=CCOC(=O)CC(CCCCCCCCCCCCCC/C=C/CCCCCCCCCC)C(=O)O. The van der Waals surface area contributed by atoms with Gasteiger partial charge in [0.15, 0.2) is 0 Å². The molecule has 0 aromatic heterocycles. The molecule has 0 aromatic rings. The summed E-state index contributed by atoms with van der Waals surface area (Å²) >= 11 is 0. The quantitative estimate of drug-likeness (QED) is 0.0605. The maximum atomic E-state index is 11.6. The molecule has 0 spiro atoms. The van der Waals surface area contributed by atoms with Crippen LogP contribution in [0.2, 0.25) is 0 Å². The van der Waals surface area contributed by atoms with Crippen LogP contribution < -0.4 is 0 Å². The molecule has 0 fully saturated rings. The number of esters is 1. The van der Waals surface area contributed by atoms with Gasteiger partial charge in [-0.15, -0.1) is 0 Å². The molecule has 1 N–H and O–H groups in total. The second-order valence-electron chi connectivity index (χ2n) is 10.8. The molecule has 0 aliphatic rings. The number of unbranched alkanes of at least 4 members (excludes halogenated alkanes) is 20. The molecule has 216 valence electrons. The number of hydrogen-bond donors (Lipinski definition) is 1. The minimum absolute atomic E-state index is 0.0424. The van der Waals surface area contributed by atoms with Gasteiger partial charge in [-0.2, -0.15) is 0 Å². The first-order valence-corrected chi connectivity index (χ1v) is 15.8. The van der Waals surface area contributed by atoms with E-state index >= 15 is 0 Å². The average Bonchev–Trinajstić information content (AvgIpc) is 2.89. The normalized spacial score (nSPS) is 12.1. The van der Waals surface area contributed by atoms with Gasteiger partial charge in [-0.25, -0.2) is 0 Å². The molecular weight excluding hydrogens is 460 g/mol. The molecule has 0 saturated heterocycles. The minimum Gasteiger partial charge on any atom is -0.481 e. The van der Waals surface area contributed by atoms with Crippen molar-refractivity contribution in [3.05, 3.63) is 24.8 Å². The molecule has 0 rings (SSSR count). The molecule has 0 aliphatic heterocycles. The summed E-state index contributed by atoms with van der Waals surface area (Å²) in [6.07, 6.45) is 35.6. The third-order valence-electron chi connectivity index (χ3n) is 7.19. The summed E-state index contributed by atoms with van der Waals surface area (Å²) in [4.78, 5) is 23.0. The van der Waals surface area contributed by atoms with E-state index in [1.165, 1.54) is 128 Å². The van der Waals surface area contributed by atoms with Crippen LogP contribution in [0.25, 0.3) is 0 Å². The van der Waals surface area contributed by atoms with Crippen LogP contribution in [0.3, 0.4) is 0 Å². The van der Waals surface area contributed by atoms with Gasteiger partial charge in [0.2, 0.25) is 0 Å². The van der Waals surface area contributed by atoms with Crippen LogP contribution in [-0.2, 0) is 14.3 Å². The van der Waals surface area contributed by atoms with Crippen LogP contribution in [0.15, 0.2) is 24.8 Å². The number of ether oxygens (including phenoxy) is 1. The van der Waals surface area contributed by atoms with Crippen molar-refractivity contribution in [2.45, 2.75) is 161 Å². The van der Waals surface area contributed by atoms with Crippen LogP contribution in [0, 0.1) is 5.92 Å². The second-order valence-corrected chi connectivity index (χ2v) is 10.8. The molecule has 37 heavy (non-hydrogen) atoms. The van der Waals surface area contributed by atoms with Crippen LogP contribution in [0.1, 0.15) is 161 Å². The fourth-order valence-electron chi connectivity index (χ4n) is 4.78. The molecular formula is C33H60O4. The summed E-state index contributed by atoms with van der Waals surface area (Å²) in [5, 5.41) is 9.30. The summed E-state index contributed by atoms with van der Waals surface area (Å²) in [5.74, 6) is -1.98. The number of carboxylic acid groups (broad SMARTS) is 1. The number of aliphatic carboxylic acids is 1. The van der Waals surface area contributed by atoms with Gasteiger partial charge in [0, 0.05) is 0 Å².